The number of hydrogen-bond donors (Lipinski definition) is 1. The minimum absolute atomic E-state index is 0.173. The summed E-state index contributed by atoms with van der Waals surface area (Å²) in [4.78, 5) is 29.9. The Morgan fingerprint density at radius 1 is 1.55 bits per heavy atom. The van der Waals surface area contributed by atoms with Gasteiger partial charge in [0.05, 0.1) is 5.39 Å². The van der Waals surface area contributed by atoms with Crippen LogP contribution in [0.2, 0.25) is 0 Å². The van der Waals surface area contributed by atoms with E-state index in [9.17, 15) is 9.59 Å². The van der Waals surface area contributed by atoms with Crippen molar-refractivity contribution in [2.75, 3.05) is 0 Å². The van der Waals surface area contributed by atoms with Crippen LogP contribution in [0.4, 0.5) is 0 Å². The molecular weight excluding hydrogens is 342 g/mol. The summed E-state index contributed by atoms with van der Waals surface area (Å²) in [5, 5.41) is 5.09. The smallest absolute Gasteiger partial charge is 0.264 e. The Bertz CT molecular complexity index is 793. The van der Waals surface area contributed by atoms with Crippen molar-refractivity contribution in [3.05, 3.63) is 38.3 Å². The number of nitrogens with zero attached hydrogens (tertiary/aromatic N) is 2. The summed E-state index contributed by atoms with van der Waals surface area (Å²) < 4.78 is 2.21. The van der Waals surface area contributed by atoms with E-state index in [1.54, 1.807) is 6.92 Å². The van der Waals surface area contributed by atoms with E-state index < -0.39 is 6.04 Å². The molecule has 0 aromatic carbocycles. The van der Waals surface area contributed by atoms with Crippen LogP contribution in [0.3, 0.4) is 0 Å². The third-order valence-electron chi connectivity index (χ3n) is 3.41. The van der Waals surface area contributed by atoms with Crippen molar-refractivity contribution in [2.45, 2.75) is 25.8 Å². The number of amides is 1. The highest BCUT2D eigenvalue weighted by atomic mass is 79.9. The Hall–Kier alpha value is -1.47. The number of aromatic nitrogens is 2. The van der Waals surface area contributed by atoms with Gasteiger partial charge in [-0.25, -0.2) is 4.98 Å². The molecule has 0 saturated carbocycles. The quantitative estimate of drug-likeness (QED) is 0.856. The van der Waals surface area contributed by atoms with Gasteiger partial charge in [0.15, 0.2) is 0 Å². The molecule has 0 radical (unpaired) electrons. The molecule has 1 aliphatic rings. The van der Waals surface area contributed by atoms with Crippen LogP contribution in [0.15, 0.2) is 26.9 Å². The van der Waals surface area contributed by atoms with Crippen LogP contribution >= 0.6 is 27.3 Å². The normalized spacial score (nSPS) is 19.4. The van der Waals surface area contributed by atoms with Crippen molar-refractivity contribution in [2.24, 2.45) is 0 Å². The highest BCUT2D eigenvalue weighted by Gasteiger charge is 2.28. The summed E-state index contributed by atoms with van der Waals surface area (Å²) in [5.74, 6) is 0.364. The second-order valence-corrected chi connectivity index (χ2v) is 6.46. The van der Waals surface area contributed by atoms with Gasteiger partial charge in [-0.2, -0.15) is 0 Å². The summed E-state index contributed by atoms with van der Waals surface area (Å²) in [6.45, 7) is 5.51. The second kappa shape index (κ2) is 4.82. The minimum atomic E-state index is -0.517. The van der Waals surface area contributed by atoms with Crippen LogP contribution in [0.25, 0.3) is 10.2 Å². The Labute approximate surface area is 127 Å². The number of hydrogen-bond acceptors (Lipinski definition) is 4. The van der Waals surface area contributed by atoms with Gasteiger partial charge in [0.1, 0.15) is 16.7 Å². The fourth-order valence-electron chi connectivity index (χ4n) is 2.45. The topological polar surface area (TPSA) is 64.0 Å². The molecule has 1 saturated heterocycles. The van der Waals surface area contributed by atoms with E-state index >= 15 is 0 Å². The third-order valence-corrected chi connectivity index (χ3v) is 5.21. The number of halogens is 1. The summed E-state index contributed by atoms with van der Waals surface area (Å²) in [6, 6.07) is -0.517. The second-order valence-electron chi connectivity index (χ2n) is 4.75. The van der Waals surface area contributed by atoms with Gasteiger partial charge < -0.3 is 5.32 Å². The van der Waals surface area contributed by atoms with Crippen molar-refractivity contribution in [3.8, 4) is 0 Å². The third kappa shape index (κ3) is 2.01. The summed E-state index contributed by atoms with van der Waals surface area (Å²) in [5.41, 5.74) is 0.524. The highest BCUT2D eigenvalue weighted by Crippen LogP contribution is 2.28. The molecule has 0 bridgehead atoms. The van der Waals surface area contributed by atoms with E-state index in [-0.39, 0.29) is 11.5 Å². The van der Waals surface area contributed by atoms with Crippen molar-refractivity contribution >= 4 is 43.4 Å². The molecule has 1 amide bonds. The van der Waals surface area contributed by atoms with Gasteiger partial charge in [0.25, 0.3) is 5.56 Å². The average molecular weight is 354 g/mol. The summed E-state index contributed by atoms with van der Waals surface area (Å²) >= 11 is 4.78. The fraction of sp³-hybridized carbons (Fsp3) is 0.308. The van der Waals surface area contributed by atoms with Gasteiger partial charge in [-0.1, -0.05) is 6.58 Å². The lowest BCUT2D eigenvalue weighted by atomic mass is 10.0. The maximum Gasteiger partial charge on any atom is 0.264 e. The summed E-state index contributed by atoms with van der Waals surface area (Å²) in [7, 11) is 0. The molecule has 5 nitrogen and oxygen atoms in total. The van der Waals surface area contributed by atoms with Crippen LogP contribution in [-0.2, 0) is 4.79 Å². The standard InChI is InChI=1S/C13H12BrN3O2S/c1-6-3-4-9(11(18)15-6)17-7(2)16-12-10(13(17)19)8(14)5-20-12/h5,9H,1,3-4H2,2H3,(H,15,18). The van der Waals surface area contributed by atoms with Gasteiger partial charge >= 0.3 is 0 Å². The van der Waals surface area contributed by atoms with Gasteiger partial charge in [0, 0.05) is 15.5 Å². The molecule has 1 atom stereocenters. The zero-order valence-electron chi connectivity index (χ0n) is 10.8. The van der Waals surface area contributed by atoms with Crippen molar-refractivity contribution in [1.29, 1.82) is 0 Å². The van der Waals surface area contributed by atoms with Gasteiger partial charge in [0.2, 0.25) is 5.91 Å². The number of allylic oxidation sites excluding steroid dienone is 1. The molecule has 20 heavy (non-hydrogen) atoms. The Morgan fingerprint density at radius 3 is 3.00 bits per heavy atom. The van der Waals surface area contributed by atoms with Crippen LogP contribution in [0, 0.1) is 6.92 Å². The molecule has 1 fully saturated rings. The lowest BCUT2D eigenvalue weighted by Crippen LogP contribution is -2.41. The van der Waals surface area contributed by atoms with E-state index in [2.05, 4.69) is 32.8 Å². The van der Waals surface area contributed by atoms with Gasteiger partial charge in [-0.15, -0.1) is 11.3 Å². The molecule has 1 unspecified atom stereocenters. The fourth-order valence-corrected chi connectivity index (χ4v) is 4.05. The Morgan fingerprint density at radius 2 is 2.30 bits per heavy atom. The first-order valence-corrected chi connectivity index (χ1v) is 7.81. The first-order chi connectivity index (χ1) is 9.49. The van der Waals surface area contributed by atoms with E-state index in [1.807, 2.05) is 5.38 Å². The first kappa shape index (κ1) is 13.5. The predicted octanol–water partition coefficient (Wildman–Crippen LogP) is 2.49. The van der Waals surface area contributed by atoms with E-state index in [4.69, 9.17) is 0 Å². The number of nitrogens with one attached hydrogen (secondary N) is 1. The Balaban J connectivity index is 2.21. The molecule has 104 valence electrons. The van der Waals surface area contributed by atoms with Crippen LogP contribution in [-0.4, -0.2) is 15.5 Å². The number of rotatable bonds is 1. The predicted molar refractivity (Wildman–Crippen MR) is 81.9 cm³/mol. The number of fused-ring (bicyclic) bond motifs is 1. The maximum absolute atomic E-state index is 12.7. The summed E-state index contributed by atoms with van der Waals surface area (Å²) in [6.07, 6.45) is 1.24. The monoisotopic (exact) mass is 353 g/mol. The molecule has 0 spiro atoms. The van der Waals surface area contributed by atoms with E-state index in [1.165, 1.54) is 15.9 Å². The van der Waals surface area contributed by atoms with Gasteiger partial charge in [-0.3, -0.25) is 14.2 Å². The highest BCUT2D eigenvalue weighted by molar-refractivity contribution is 9.10. The molecule has 1 aliphatic heterocycles. The zero-order valence-corrected chi connectivity index (χ0v) is 13.2. The molecule has 3 rings (SSSR count). The molecule has 7 heteroatoms. The molecule has 2 aromatic rings. The maximum atomic E-state index is 12.7. The molecule has 3 heterocycles. The zero-order chi connectivity index (χ0) is 14.4. The number of thiophene rings is 1. The first-order valence-electron chi connectivity index (χ1n) is 6.13. The molecule has 1 N–H and O–H groups in total. The van der Waals surface area contributed by atoms with Crippen LogP contribution in [0.5, 0.6) is 0 Å². The Kier molecular flexibility index (Phi) is 3.25. The van der Waals surface area contributed by atoms with Crippen LogP contribution in [0.1, 0.15) is 24.7 Å². The van der Waals surface area contributed by atoms with E-state index in [0.717, 1.165) is 4.47 Å². The van der Waals surface area contributed by atoms with Crippen molar-refractivity contribution < 1.29 is 4.79 Å². The molecule has 2 aromatic heterocycles. The van der Waals surface area contributed by atoms with Crippen molar-refractivity contribution in [1.82, 2.24) is 14.9 Å². The van der Waals surface area contributed by atoms with E-state index in [0.29, 0.717) is 34.6 Å². The SMILES string of the molecule is C=C1CCC(n2c(C)nc3scc(Br)c3c2=O)C(=O)N1. The molecule has 0 aliphatic carbocycles. The lowest BCUT2D eigenvalue weighted by Gasteiger charge is -2.26. The van der Waals surface area contributed by atoms with Crippen molar-refractivity contribution in [3.63, 3.8) is 0 Å². The van der Waals surface area contributed by atoms with Crippen LogP contribution < -0.4 is 10.9 Å². The van der Waals surface area contributed by atoms with Gasteiger partial charge in [-0.05, 0) is 35.7 Å². The lowest BCUT2D eigenvalue weighted by molar-refractivity contribution is -0.124. The largest absolute Gasteiger partial charge is 0.329 e. The molecular formula is C13H12BrN3O2S. The number of carbonyl (C=O) groups excluding carboxylic acids is 1. The average Bonchev–Trinajstić information content (AvgIpc) is 2.73. The number of aryl methyl sites for hydroxylation is 1. The number of piperidine rings is 1. The number of carbonyl (C=O) groups is 1. The minimum Gasteiger partial charge on any atom is -0.329 e.